The smallest absolute Gasteiger partial charge is 0.355 e. The molecule has 5 nitrogen and oxygen atoms in total. The number of hydrogen-bond acceptors (Lipinski definition) is 3. The van der Waals surface area contributed by atoms with Crippen molar-refractivity contribution in [2.75, 3.05) is 0 Å². The summed E-state index contributed by atoms with van der Waals surface area (Å²) in [6.45, 7) is 2.51. The van der Waals surface area contributed by atoms with E-state index >= 15 is 0 Å². The fraction of sp³-hybridized carbons (Fsp3) is 0.217. The van der Waals surface area contributed by atoms with E-state index in [1.807, 2.05) is 60.7 Å². The average molecular weight is 376 g/mol. The highest BCUT2D eigenvalue weighted by Crippen LogP contribution is 2.14. The molecule has 0 aliphatic heterocycles. The second-order valence-electron chi connectivity index (χ2n) is 6.72. The van der Waals surface area contributed by atoms with Crippen molar-refractivity contribution >= 4 is 11.9 Å². The van der Waals surface area contributed by atoms with E-state index in [4.69, 9.17) is 4.74 Å². The third kappa shape index (κ3) is 4.88. The molecular weight excluding hydrogens is 352 g/mol. The van der Waals surface area contributed by atoms with Gasteiger partial charge in [0, 0.05) is 26.3 Å². The summed E-state index contributed by atoms with van der Waals surface area (Å²) in [6.07, 6.45) is 0.884. The van der Waals surface area contributed by atoms with Gasteiger partial charge in [-0.15, -0.1) is 0 Å². The lowest BCUT2D eigenvalue weighted by molar-refractivity contribution is -0.141. The van der Waals surface area contributed by atoms with Gasteiger partial charge in [-0.1, -0.05) is 60.7 Å². The van der Waals surface area contributed by atoms with Gasteiger partial charge in [0.15, 0.2) is 6.10 Å². The quantitative estimate of drug-likeness (QED) is 0.590. The van der Waals surface area contributed by atoms with Crippen LogP contribution in [-0.2, 0) is 29.7 Å². The van der Waals surface area contributed by atoms with E-state index in [1.165, 1.54) is 0 Å². The molecule has 0 bridgehead atoms. The molecule has 0 fully saturated rings. The monoisotopic (exact) mass is 376 g/mol. The third-order valence-electron chi connectivity index (χ3n) is 4.53. The van der Waals surface area contributed by atoms with Crippen molar-refractivity contribution in [2.24, 2.45) is 7.05 Å². The Hall–Kier alpha value is -3.34. The van der Waals surface area contributed by atoms with Gasteiger partial charge in [-0.3, -0.25) is 4.79 Å². The molecule has 1 atom stereocenters. The maximum Gasteiger partial charge on any atom is 0.355 e. The largest absolute Gasteiger partial charge is 0.448 e. The maximum atomic E-state index is 13.1. The van der Waals surface area contributed by atoms with Gasteiger partial charge < -0.3 is 14.2 Å². The maximum absolute atomic E-state index is 13.1. The highest BCUT2D eigenvalue weighted by Gasteiger charge is 2.25. The number of carbonyl (C=O) groups excluding carboxylic acids is 2. The molecule has 1 aromatic heterocycles. The molecule has 0 saturated heterocycles. The summed E-state index contributed by atoms with van der Waals surface area (Å²) in [5.41, 5.74) is 2.46. The minimum Gasteiger partial charge on any atom is -0.448 e. The third-order valence-corrected chi connectivity index (χ3v) is 4.53. The van der Waals surface area contributed by atoms with Crippen LogP contribution in [-0.4, -0.2) is 27.4 Å². The van der Waals surface area contributed by atoms with Crippen LogP contribution in [0.3, 0.4) is 0 Å². The summed E-state index contributed by atoms with van der Waals surface area (Å²) < 4.78 is 7.11. The lowest BCUT2D eigenvalue weighted by Crippen LogP contribution is -2.39. The second kappa shape index (κ2) is 9.04. The molecule has 144 valence electrons. The molecular formula is C23H24N2O3. The van der Waals surface area contributed by atoms with Crippen molar-refractivity contribution in [1.29, 1.82) is 0 Å². The zero-order valence-corrected chi connectivity index (χ0v) is 16.1. The zero-order valence-electron chi connectivity index (χ0n) is 16.1. The van der Waals surface area contributed by atoms with E-state index in [-0.39, 0.29) is 5.91 Å². The Kier molecular flexibility index (Phi) is 6.27. The molecule has 28 heavy (non-hydrogen) atoms. The SMILES string of the molecule is C[C@H](OC(=O)c1cccn1C)C(=O)N(Cc1ccccc1)Cc1ccccc1. The highest BCUT2D eigenvalue weighted by molar-refractivity contribution is 5.91. The van der Waals surface area contributed by atoms with Crippen LogP contribution in [0, 0.1) is 0 Å². The predicted octanol–water partition coefficient (Wildman–Crippen LogP) is 3.80. The average Bonchev–Trinajstić information content (AvgIpc) is 3.14. The zero-order chi connectivity index (χ0) is 19.9. The Morgan fingerprint density at radius 2 is 1.43 bits per heavy atom. The van der Waals surface area contributed by atoms with Crippen molar-refractivity contribution in [2.45, 2.75) is 26.1 Å². The Morgan fingerprint density at radius 3 is 1.89 bits per heavy atom. The first-order valence-electron chi connectivity index (χ1n) is 9.23. The van der Waals surface area contributed by atoms with Crippen molar-refractivity contribution < 1.29 is 14.3 Å². The molecule has 0 aliphatic rings. The summed E-state index contributed by atoms with van der Waals surface area (Å²) >= 11 is 0. The van der Waals surface area contributed by atoms with Crippen LogP contribution in [0.25, 0.3) is 0 Å². The van der Waals surface area contributed by atoms with E-state index in [2.05, 4.69) is 0 Å². The van der Waals surface area contributed by atoms with Crippen molar-refractivity contribution in [3.05, 3.63) is 95.8 Å². The molecule has 0 N–H and O–H groups in total. The Bertz CT molecular complexity index is 878. The van der Waals surface area contributed by atoms with Crippen molar-refractivity contribution in [3.8, 4) is 0 Å². The van der Waals surface area contributed by atoms with Gasteiger partial charge >= 0.3 is 5.97 Å². The lowest BCUT2D eigenvalue weighted by Gasteiger charge is -2.26. The molecule has 1 heterocycles. The number of rotatable bonds is 7. The number of amides is 1. The molecule has 0 saturated carbocycles. The van der Waals surface area contributed by atoms with E-state index in [9.17, 15) is 9.59 Å². The van der Waals surface area contributed by atoms with Gasteiger partial charge in [0.25, 0.3) is 5.91 Å². The standard InChI is InChI=1S/C23H24N2O3/c1-18(28-23(27)21-14-9-15-24(21)2)22(26)25(16-19-10-5-3-6-11-19)17-20-12-7-4-8-13-20/h3-15,18H,16-17H2,1-2H3/t18-/m0/s1. The van der Waals surface area contributed by atoms with Crippen LogP contribution in [0.5, 0.6) is 0 Å². The van der Waals surface area contributed by atoms with Crippen molar-refractivity contribution in [3.63, 3.8) is 0 Å². The Balaban J connectivity index is 1.74. The molecule has 1 amide bonds. The number of benzene rings is 2. The van der Waals surface area contributed by atoms with Gasteiger partial charge in [-0.05, 0) is 30.2 Å². The Morgan fingerprint density at radius 1 is 0.893 bits per heavy atom. The number of carbonyl (C=O) groups is 2. The highest BCUT2D eigenvalue weighted by atomic mass is 16.5. The van der Waals surface area contributed by atoms with E-state index in [0.717, 1.165) is 11.1 Å². The number of esters is 1. The van der Waals surface area contributed by atoms with E-state index < -0.39 is 12.1 Å². The first-order chi connectivity index (χ1) is 13.5. The molecule has 3 aromatic rings. The van der Waals surface area contributed by atoms with Crippen LogP contribution in [0.2, 0.25) is 0 Å². The topological polar surface area (TPSA) is 51.5 Å². The van der Waals surface area contributed by atoms with Crippen LogP contribution in [0.15, 0.2) is 79.0 Å². The Labute approximate surface area is 165 Å². The number of hydrogen-bond donors (Lipinski definition) is 0. The van der Waals surface area contributed by atoms with Gasteiger partial charge in [-0.2, -0.15) is 0 Å². The van der Waals surface area contributed by atoms with Gasteiger partial charge in [0.2, 0.25) is 0 Å². The number of ether oxygens (including phenoxy) is 1. The molecule has 0 aliphatic carbocycles. The fourth-order valence-corrected chi connectivity index (χ4v) is 3.02. The van der Waals surface area contributed by atoms with Crippen LogP contribution >= 0.6 is 0 Å². The van der Waals surface area contributed by atoms with Crippen molar-refractivity contribution in [1.82, 2.24) is 9.47 Å². The van der Waals surface area contributed by atoms with E-state index in [0.29, 0.717) is 18.8 Å². The molecule has 5 heteroatoms. The van der Waals surface area contributed by atoms with Gasteiger partial charge in [-0.25, -0.2) is 4.79 Å². The molecule has 3 rings (SSSR count). The first kappa shape index (κ1) is 19.4. The number of nitrogens with zero attached hydrogens (tertiary/aromatic N) is 2. The lowest BCUT2D eigenvalue weighted by atomic mass is 10.1. The first-order valence-corrected chi connectivity index (χ1v) is 9.23. The molecule has 0 unspecified atom stereocenters. The second-order valence-corrected chi connectivity index (χ2v) is 6.72. The van der Waals surface area contributed by atoms with Gasteiger partial charge in [0.05, 0.1) is 0 Å². The summed E-state index contributed by atoms with van der Waals surface area (Å²) in [7, 11) is 1.76. The fourth-order valence-electron chi connectivity index (χ4n) is 3.02. The van der Waals surface area contributed by atoms with E-state index in [1.54, 1.807) is 41.8 Å². The van der Waals surface area contributed by atoms with Crippen LogP contribution in [0.4, 0.5) is 0 Å². The molecule has 2 aromatic carbocycles. The summed E-state index contributed by atoms with van der Waals surface area (Å²) in [4.78, 5) is 27.2. The minimum atomic E-state index is -0.880. The summed E-state index contributed by atoms with van der Waals surface area (Å²) in [5.74, 6) is -0.733. The normalized spacial score (nSPS) is 11.6. The molecule has 0 radical (unpaired) electrons. The summed E-state index contributed by atoms with van der Waals surface area (Å²) in [6, 6.07) is 23.0. The number of aromatic nitrogens is 1. The van der Waals surface area contributed by atoms with Crippen LogP contribution in [0.1, 0.15) is 28.5 Å². The summed E-state index contributed by atoms with van der Waals surface area (Å²) in [5, 5.41) is 0. The van der Waals surface area contributed by atoms with Crippen LogP contribution < -0.4 is 0 Å². The molecule has 0 spiro atoms. The van der Waals surface area contributed by atoms with Gasteiger partial charge in [0.1, 0.15) is 5.69 Å². The number of aryl methyl sites for hydroxylation is 1. The minimum absolute atomic E-state index is 0.227. The predicted molar refractivity (Wildman–Crippen MR) is 107 cm³/mol.